The van der Waals surface area contributed by atoms with E-state index in [0.717, 1.165) is 12.1 Å². The van der Waals surface area contributed by atoms with Gasteiger partial charge in [0.25, 0.3) is 16.5 Å². The number of non-ortho nitro benzene ring substituents is 1. The summed E-state index contributed by atoms with van der Waals surface area (Å²) in [5, 5.41) is 26.3. The van der Waals surface area contributed by atoms with Gasteiger partial charge in [-0.2, -0.15) is 0 Å². The van der Waals surface area contributed by atoms with Gasteiger partial charge in [-0.25, -0.2) is 0 Å². The number of hydrogen-bond donors (Lipinski definition) is 3. The lowest BCUT2D eigenvalue weighted by molar-refractivity contribution is -0.384. The van der Waals surface area contributed by atoms with Crippen LogP contribution in [-0.4, -0.2) is 10.0 Å². The number of nitro benzene ring substituents is 1. The summed E-state index contributed by atoms with van der Waals surface area (Å²) in [5.41, 5.74) is -1.70. The Morgan fingerprint density at radius 2 is 1.58 bits per heavy atom. The number of rotatable bonds is 5. The molecule has 3 aromatic rings. The van der Waals surface area contributed by atoms with E-state index in [9.17, 15) is 24.8 Å². The maximum absolute atomic E-state index is 11.9. The van der Waals surface area contributed by atoms with Crippen molar-refractivity contribution >= 4 is 51.6 Å². The molecule has 0 bridgehead atoms. The van der Waals surface area contributed by atoms with Crippen LogP contribution < -0.4 is 21.5 Å². The topological polar surface area (TPSA) is 122 Å². The number of aromatic hydroxyl groups is 1. The molecule has 3 N–H and O–H groups in total. The smallest absolute Gasteiger partial charge is 0.273 e. The predicted octanol–water partition coefficient (Wildman–Crippen LogP) is 3.69. The second kappa shape index (κ2) is 6.66. The van der Waals surface area contributed by atoms with Crippen LogP contribution in [0.5, 0.6) is 5.75 Å². The number of hydrogen-bond acceptors (Lipinski definition) is 7. The second-order valence-electron chi connectivity index (χ2n) is 5.22. The molecule has 0 unspecified atom stereocenters. The largest absolute Gasteiger partial charge is 0.506 e. The molecule has 0 heterocycles. The number of anilines is 4. The van der Waals surface area contributed by atoms with Gasteiger partial charge in [0.05, 0.1) is 32.4 Å². The summed E-state index contributed by atoms with van der Waals surface area (Å²) >= 11 is 12.0. The highest BCUT2D eigenvalue weighted by molar-refractivity contribution is 6.43. The maximum atomic E-state index is 11.9. The van der Waals surface area contributed by atoms with E-state index in [1.54, 1.807) is 18.2 Å². The van der Waals surface area contributed by atoms with Gasteiger partial charge in [0.2, 0.25) is 0 Å². The Hall–Kier alpha value is -3.10. The molecular weight excluding hydrogens is 385 g/mol. The van der Waals surface area contributed by atoms with Gasteiger partial charge in [-0.05, 0) is 18.2 Å². The Bertz CT molecular complexity index is 1110. The third kappa shape index (κ3) is 3.07. The molecule has 0 aliphatic heterocycles. The highest BCUT2D eigenvalue weighted by Crippen LogP contribution is 2.35. The van der Waals surface area contributed by atoms with Gasteiger partial charge in [-0.1, -0.05) is 29.3 Å². The SMILES string of the molecule is O=c1c(Nc2ccc([N+](=O)[O-])cc2O)c(Nc2cccc(Cl)c2Cl)c1=O. The third-order valence-corrected chi connectivity index (χ3v) is 4.39. The summed E-state index contributed by atoms with van der Waals surface area (Å²) in [7, 11) is 0. The van der Waals surface area contributed by atoms with Crippen LogP contribution in [-0.2, 0) is 0 Å². The molecule has 0 saturated heterocycles. The van der Waals surface area contributed by atoms with Crippen molar-refractivity contribution in [1.82, 2.24) is 0 Å². The summed E-state index contributed by atoms with van der Waals surface area (Å²) in [6, 6.07) is 8.03. The first-order valence-electron chi connectivity index (χ1n) is 7.08. The Kier molecular flexibility index (Phi) is 4.54. The Morgan fingerprint density at radius 1 is 0.962 bits per heavy atom. The van der Waals surface area contributed by atoms with Crippen LogP contribution in [0.15, 0.2) is 46.0 Å². The lowest BCUT2D eigenvalue weighted by Gasteiger charge is -2.16. The Labute approximate surface area is 155 Å². The molecule has 3 aromatic carbocycles. The standard InChI is InChI=1S/C16H9Cl2N3O5/c17-8-2-1-3-10(12(8)18)20-14-13(15(23)16(14)24)19-9-5-4-7(21(25)26)6-11(9)22/h1-6,19-20,22H. The lowest BCUT2D eigenvalue weighted by atomic mass is 10.1. The van der Waals surface area contributed by atoms with Crippen molar-refractivity contribution < 1.29 is 10.0 Å². The number of nitrogens with zero attached hydrogens (tertiary/aromatic N) is 1. The van der Waals surface area contributed by atoms with E-state index in [1.807, 2.05) is 0 Å². The van der Waals surface area contributed by atoms with Gasteiger partial charge in [0, 0.05) is 6.07 Å². The lowest BCUT2D eigenvalue weighted by Crippen LogP contribution is -2.35. The molecule has 0 amide bonds. The van der Waals surface area contributed by atoms with Crippen LogP contribution in [0.25, 0.3) is 0 Å². The van der Waals surface area contributed by atoms with Crippen LogP contribution in [0.1, 0.15) is 0 Å². The fraction of sp³-hybridized carbons (Fsp3) is 0. The zero-order valence-corrected chi connectivity index (χ0v) is 14.3. The van der Waals surface area contributed by atoms with Gasteiger partial charge in [0.15, 0.2) is 0 Å². The van der Waals surface area contributed by atoms with Crippen molar-refractivity contribution in [2.45, 2.75) is 0 Å². The molecule has 0 aromatic heterocycles. The molecule has 0 aliphatic carbocycles. The van der Waals surface area contributed by atoms with Crippen molar-refractivity contribution in [2.24, 2.45) is 0 Å². The maximum Gasteiger partial charge on any atom is 0.273 e. The second-order valence-corrected chi connectivity index (χ2v) is 6.00. The molecule has 0 fully saturated rings. The molecule has 26 heavy (non-hydrogen) atoms. The molecule has 0 spiro atoms. The molecule has 10 heteroatoms. The van der Waals surface area contributed by atoms with E-state index in [1.165, 1.54) is 6.07 Å². The molecule has 0 atom stereocenters. The summed E-state index contributed by atoms with van der Waals surface area (Å²) in [6.07, 6.45) is 0. The summed E-state index contributed by atoms with van der Waals surface area (Å²) in [5.74, 6) is -0.445. The van der Waals surface area contributed by atoms with Gasteiger partial charge < -0.3 is 15.7 Å². The molecule has 0 saturated carbocycles. The summed E-state index contributed by atoms with van der Waals surface area (Å²) in [4.78, 5) is 33.7. The minimum Gasteiger partial charge on any atom is -0.506 e. The van der Waals surface area contributed by atoms with Crippen molar-refractivity contribution in [3.05, 3.63) is 77.0 Å². The minimum absolute atomic E-state index is 0.0305. The first-order chi connectivity index (χ1) is 12.3. The van der Waals surface area contributed by atoms with Crippen molar-refractivity contribution in [3.63, 3.8) is 0 Å². The Balaban J connectivity index is 1.93. The molecule has 132 valence electrons. The first kappa shape index (κ1) is 17.7. The fourth-order valence-electron chi connectivity index (χ4n) is 2.24. The van der Waals surface area contributed by atoms with Crippen molar-refractivity contribution in [2.75, 3.05) is 10.6 Å². The third-order valence-electron chi connectivity index (χ3n) is 3.57. The average molecular weight is 394 g/mol. The number of phenols is 1. The number of phenolic OH excluding ortho intramolecular Hbond substituents is 1. The van der Waals surface area contributed by atoms with Gasteiger partial charge in [-0.15, -0.1) is 0 Å². The van der Waals surface area contributed by atoms with E-state index < -0.39 is 21.5 Å². The molecule has 8 nitrogen and oxygen atoms in total. The van der Waals surface area contributed by atoms with E-state index in [0.29, 0.717) is 5.69 Å². The van der Waals surface area contributed by atoms with Gasteiger partial charge >= 0.3 is 0 Å². The fourth-order valence-corrected chi connectivity index (χ4v) is 2.59. The van der Waals surface area contributed by atoms with E-state index in [2.05, 4.69) is 10.6 Å². The summed E-state index contributed by atoms with van der Waals surface area (Å²) in [6.45, 7) is 0. The van der Waals surface area contributed by atoms with Crippen LogP contribution in [0.2, 0.25) is 10.0 Å². The highest BCUT2D eigenvalue weighted by atomic mass is 35.5. The van der Waals surface area contributed by atoms with Gasteiger partial charge in [-0.3, -0.25) is 19.7 Å². The quantitative estimate of drug-likeness (QED) is 0.261. The minimum atomic E-state index is -0.802. The number of benzene rings is 2. The number of halogens is 2. The highest BCUT2D eigenvalue weighted by Gasteiger charge is 2.23. The average Bonchev–Trinajstić information content (AvgIpc) is 2.61. The summed E-state index contributed by atoms with van der Waals surface area (Å²) < 4.78 is 0. The van der Waals surface area contributed by atoms with Crippen molar-refractivity contribution in [1.29, 1.82) is 0 Å². The van der Waals surface area contributed by atoms with Crippen LogP contribution in [0.3, 0.4) is 0 Å². The van der Waals surface area contributed by atoms with Crippen LogP contribution in [0.4, 0.5) is 28.4 Å². The number of nitro groups is 1. The monoisotopic (exact) mass is 393 g/mol. The molecule has 0 aliphatic rings. The Morgan fingerprint density at radius 3 is 2.15 bits per heavy atom. The molecule has 3 rings (SSSR count). The molecule has 0 radical (unpaired) electrons. The first-order valence-corrected chi connectivity index (χ1v) is 7.84. The van der Waals surface area contributed by atoms with Gasteiger partial charge in [0.1, 0.15) is 17.1 Å². The molecular formula is C16H9Cl2N3O5. The van der Waals surface area contributed by atoms with Crippen LogP contribution in [0, 0.1) is 10.1 Å². The zero-order chi connectivity index (χ0) is 19.0. The van der Waals surface area contributed by atoms with E-state index in [-0.39, 0.29) is 32.8 Å². The van der Waals surface area contributed by atoms with Crippen LogP contribution >= 0.6 is 23.2 Å². The van der Waals surface area contributed by atoms with E-state index in [4.69, 9.17) is 23.2 Å². The van der Waals surface area contributed by atoms with Crippen molar-refractivity contribution in [3.8, 4) is 5.75 Å². The van der Waals surface area contributed by atoms with E-state index >= 15 is 0 Å². The number of nitrogens with one attached hydrogen (secondary N) is 2. The zero-order valence-electron chi connectivity index (χ0n) is 12.7. The predicted molar refractivity (Wildman–Crippen MR) is 99.1 cm³/mol. The normalized spacial score (nSPS) is 10.7.